The molecule has 0 aliphatic carbocycles. The molecule has 6 heteroatoms. The largest absolute Gasteiger partial charge is 0.416 e. The Bertz CT molecular complexity index is 497. The molecule has 0 saturated heterocycles. The van der Waals surface area contributed by atoms with Crippen LogP contribution in [0, 0.1) is 0 Å². The van der Waals surface area contributed by atoms with Crippen LogP contribution in [0.15, 0.2) is 24.3 Å². The third kappa shape index (κ3) is 6.22. The van der Waals surface area contributed by atoms with Crippen molar-refractivity contribution in [3.63, 3.8) is 0 Å². The van der Waals surface area contributed by atoms with Gasteiger partial charge in [0.05, 0.1) is 12.1 Å². The second-order valence-corrected chi connectivity index (χ2v) is 5.71. The van der Waals surface area contributed by atoms with Gasteiger partial charge in [0, 0.05) is 19.6 Å². The average molecular weight is 330 g/mol. The van der Waals surface area contributed by atoms with E-state index in [4.69, 9.17) is 0 Å². The lowest BCUT2D eigenvalue weighted by molar-refractivity contribution is -0.138. The molecule has 0 saturated carbocycles. The predicted octanol–water partition coefficient (Wildman–Crippen LogP) is 3.79. The molecule has 0 aromatic heterocycles. The third-order valence-corrected chi connectivity index (χ3v) is 3.51. The van der Waals surface area contributed by atoms with Gasteiger partial charge in [-0.3, -0.25) is 9.69 Å². The van der Waals surface area contributed by atoms with Gasteiger partial charge in [-0.05, 0) is 31.5 Å². The third-order valence-electron chi connectivity index (χ3n) is 3.51. The van der Waals surface area contributed by atoms with Crippen molar-refractivity contribution in [1.29, 1.82) is 0 Å². The van der Waals surface area contributed by atoms with Gasteiger partial charge in [-0.1, -0.05) is 32.0 Å². The van der Waals surface area contributed by atoms with E-state index in [-0.39, 0.29) is 24.6 Å². The second kappa shape index (κ2) is 8.91. The SMILES string of the molecule is CCCN(CCC)C(=O)CN(C)Cc1ccccc1C(F)(F)F. The normalized spacial score (nSPS) is 11.8. The number of benzene rings is 1. The zero-order valence-electron chi connectivity index (χ0n) is 14.0. The van der Waals surface area contributed by atoms with Crippen LogP contribution in [0.3, 0.4) is 0 Å². The Hall–Kier alpha value is -1.56. The molecular weight excluding hydrogens is 305 g/mol. The maximum Gasteiger partial charge on any atom is 0.416 e. The summed E-state index contributed by atoms with van der Waals surface area (Å²) in [6, 6.07) is 5.49. The zero-order valence-corrected chi connectivity index (χ0v) is 14.0. The summed E-state index contributed by atoms with van der Waals surface area (Å²) in [7, 11) is 1.67. The van der Waals surface area contributed by atoms with Gasteiger partial charge in [-0.15, -0.1) is 0 Å². The summed E-state index contributed by atoms with van der Waals surface area (Å²) in [4.78, 5) is 15.7. The van der Waals surface area contributed by atoms with Crippen molar-refractivity contribution in [3.05, 3.63) is 35.4 Å². The van der Waals surface area contributed by atoms with Crippen LogP contribution in [-0.4, -0.2) is 42.4 Å². The maximum atomic E-state index is 13.0. The summed E-state index contributed by atoms with van der Waals surface area (Å²) in [6.45, 7) is 5.57. The van der Waals surface area contributed by atoms with Crippen LogP contribution in [-0.2, 0) is 17.5 Å². The molecule has 0 bridgehead atoms. The fourth-order valence-corrected chi connectivity index (χ4v) is 2.51. The van der Waals surface area contributed by atoms with E-state index in [1.165, 1.54) is 12.1 Å². The van der Waals surface area contributed by atoms with Crippen LogP contribution in [0.4, 0.5) is 13.2 Å². The van der Waals surface area contributed by atoms with E-state index in [2.05, 4.69) is 0 Å². The molecule has 0 N–H and O–H groups in total. The number of likely N-dealkylation sites (N-methyl/N-ethyl adjacent to an activating group) is 1. The van der Waals surface area contributed by atoms with Crippen molar-refractivity contribution in [2.24, 2.45) is 0 Å². The number of hydrogen-bond acceptors (Lipinski definition) is 2. The first kappa shape index (κ1) is 19.5. The minimum Gasteiger partial charge on any atom is -0.342 e. The molecule has 23 heavy (non-hydrogen) atoms. The lowest BCUT2D eigenvalue weighted by Gasteiger charge is -2.25. The Kier molecular flexibility index (Phi) is 7.55. The Balaban J connectivity index is 2.73. The summed E-state index contributed by atoms with van der Waals surface area (Å²) in [5.74, 6) is -0.0410. The van der Waals surface area contributed by atoms with E-state index >= 15 is 0 Å². The number of carbonyl (C=O) groups is 1. The van der Waals surface area contributed by atoms with Crippen LogP contribution in [0.2, 0.25) is 0 Å². The topological polar surface area (TPSA) is 23.6 Å². The van der Waals surface area contributed by atoms with Gasteiger partial charge in [0.25, 0.3) is 0 Å². The Morgan fingerprint density at radius 2 is 1.65 bits per heavy atom. The number of rotatable bonds is 8. The molecule has 1 rings (SSSR count). The quantitative estimate of drug-likeness (QED) is 0.724. The molecular formula is C17H25F3N2O. The van der Waals surface area contributed by atoms with Crippen molar-refractivity contribution in [3.8, 4) is 0 Å². The minimum atomic E-state index is -4.38. The van der Waals surface area contributed by atoms with Gasteiger partial charge in [0.1, 0.15) is 0 Å². The lowest BCUT2D eigenvalue weighted by Crippen LogP contribution is -2.39. The summed E-state index contributed by atoms with van der Waals surface area (Å²) >= 11 is 0. The molecule has 0 aliphatic rings. The molecule has 0 unspecified atom stereocenters. The number of carbonyl (C=O) groups excluding carboxylic acids is 1. The number of nitrogens with zero attached hydrogens (tertiary/aromatic N) is 2. The fourth-order valence-electron chi connectivity index (χ4n) is 2.51. The van der Waals surface area contributed by atoms with Crippen LogP contribution < -0.4 is 0 Å². The summed E-state index contributed by atoms with van der Waals surface area (Å²) in [5.41, 5.74) is -0.453. The van der Waals surface area contributed by atoms with E-state index in [1.54, 1.807) is 22.9 Å². The molecule has 1 aromatic carbocycles. The highest BCUT2D eigenvalue weighted by molar-refractivity contribution is 5.78. The highest BCUT2D eigenvalue weighted by Crippen LogP contribution is 2.32. The Morgan fingerprint density at radius 3 is 2.17 bits per heavy atom. The van der Waals surface area contributed by atoms with Gasteiger partial charge in [-0.2, -0.15) is 13.2 Å². The predicted molar refractivity (Wildman–Crippen MR) is 84.9 cm³/mol. The van der Waals surface area contributed by atoms with Crippen molar-refractivity contribution in [1.82, 2.24) is 9.80 Å². The lowest BCUT2D eigenvalue weighted by atomic mass is 10.1. The molecule has 0 aliphatic heterocycles. The molecule has 0 atom stereocenters. The van der Waals surface area contributed by atoms with E-state index < -0.39 is 11.7 Å². The first-order valence-corrected chi connectivity index (χ1v) is 7.91. The summed E-state index contributed by atoms with van der Waals surface area (Å²) in [6.07, 6.45) is -2.64. The molecule has 1 aromatic rings. The molecule has 0 spiro atoms. The molecule has 3 nitrogen and oxygen atoms in total. The highest BCUT2D eigenvalue weighted by Gasteiger charge is 2.33. The molecule has 1 amide bonds. The molecule has 0 heterocycles. The fraction of sp³-hybridized carbons (Fsp3) is 0.588. The zero-order chi connectivity index (χ0) is 17.5. The smallest absolute Gasteiger partial charge is 0.342 e. The molecule has 0 radical (unpaired) electrons. The monoisotopic (exact) mass is 330 g/mol. The van der Waals surface area contributed by atoms with Crippen LogP contribution >= 0.6 is 0 Å². The first-order chi connectivity index (χ1) is 10.8. The number of hydrogen-bond donors (Lipinski definition) is 0. The van der Waals surface area contributed by atoms with Gasteiger partial charge < -0.3 is 4.90 Å². The van der Waals surface area contributed by atoms with Crippen molar-refractivity contribution >= 4 is 5.91 Å². The number of halogens is 3. The summed E-state index contributed by atoms with van der Waals surface area (Å²) in [5, 5.41) is 0. The number of alkyl halides is 3. The second-order valence-electron chi connectivity index (χ2n) is 5.71. The maximum absolute atomic E-state index is 13.0. The van der Waals surface area contributed by atoms with Crippen LogP contribution in [0.25, 0.3) is 0 Å². The van der Waals surface area contributed by atoms with Gasteiger partial charge >= 0.3 is 6.18 Å². The van der Waals surface area contributed by atoms with Crippen molar-refractivity contribution in [2.45, 2.75) is 39.4 Å². The van der Waals surface area contributed by atoms with Crippen molar-refractivity contribution in [2.75, 3.05) is 26.7 Å². The van der Waals surface area contributed by atoms with Gasteiger partial charge in [0.2, 0.25) is 5.91 Å². The van der Waals surface area contributed by atoms with Gasteiger partial charge in [-0.25, -0.2) is 0 Å². The van der Waals surface area contributed by atoms with Crippen molar-refractivity contribution < 1.29 is 18.0 Å². The van der Waals surface area contributed by atoms with Gasteiger partial charge in [0.15, 0.2) is 0 Å². The summed E-state index contributed by atoms with van der Waals surface area (Å²) < 4.78 is 39.0. The Morgan fingerprint density at radius 1 is 1.09 bits per heavy atom. The molecule has 0 fully saturated rings. The number of amides is 1. The highest BCUT2D eigenvalue weighted by atomic mass is 19.4. The first-order valence-electron chi connectivity index (χ1n) is 7.91. The standard InChI is InChI=1S/C17H25F3N2O/c1-4-10-22(11-5-2)16(23)13-21(3)12-14-8-6-7-9-15(14)17(18,19)20/h6-9H,4-5,10-13H2,1-3H3. The van der Waals surface area contributed by atoms with E-state index in [1.807, 2.05) is 13.8 Å². The van der Waals surface area contributed by atoms with E-state index in [0.29, 0.717) is 13.1 Å². The average Bonchev–Trinajstić information content (AvgIpc) is 2.46. The minimum absolute atomic E-state index is 0.0410. The van der Waals surface area contributed by atoms with E-state index in [9.17, 15) is 18.0 Å². The Labute approximate surface area is 136 Å². The van der Waals surface area contributed by atoms with E-state index in [0.717, 1.165) is 18.9 Å². The van der Waals surface area contributed by atoms with Crippen LogP contribution in [0.1, 0.15) is 37.8 Å². The van der Waals surface area contributed by atoms with Crippen LogP contribution in [0.5, 0.6) is 0 Å². The molecule has 130 valence electrons.